The molecule has 3 rings (SSSR count). The minimum atomic E-state index is -1.06. The van der Waals surface area contributed by atoms with E-state index in [1.807, 2.05) is 44.2 Å². The summed E-state index contributed by atoms with van der Waals surface area (Å²) in [6.07, 6.45) is 4.78. The van der Waals surface area contributed by atoms with Crippen LogP contribution in [0.4, 0.5) is 5.69 Å². The number of anilines is 1. The molecule has 0 aromatic heterocycles. The second kappa shape index (κ2) is 7.96. The van der Waals surface area contributed by atoms with Gasteiger partial charge in [0.2, 0.25) is 11.8 Å². The summed E-state index contributed by atoms with van der Waals surface area (Å²) in [4.78, 5) is 50.6. The normalized spacial score (nSPS) is 22.0. The fourth-order valence-electron chi connectivity index (χ4n) is 3.76. The Balaban J connectivity index is 1.58. The van der Waals surface area contributed by atoms with Crippen LogP contribution in [0, 0.1) is 25.7 Å². The maximum atomic E-state index is 12.5. The van der Waals surface area contributed by atoms with E-state index in [9.17, 15) is 19.2 Å². The number of amides is 3. The van der Waals surface area contributed by atoms with Gasteiger partial charge in [0.25, 0.3) is 5.91 Å². The molecule has 1 aliphatic heterocycles. The van der Waals surface area contributed by atoms with Gasteiger partial charge in [-0.2, -0.15) is 0 Å². The van der Waals surface area contributed by atoms with Crippen LogP contribution in [0.25, 0.3) is 0 Å². The van der Waals surface area contributed by atoms with Crippen molar-refractivity contribution in [2.45, 2.75) is 39.7 Å². The van der Waals surface area contributed by atoms with Gasteiger partial charge >= 0.3 is 5.97 Å². The number of likely N-dealkylation sites (tertiary alicyclic amines) is 1. The zero-order valence-electron chi connectivity index (χ0n) is 16.2. The second-order valence-electron chi connectivity index (χ2n) is 7.30. The van der Waals surface area contributed by atoms with Crippen LogP contribution in [0.15, 0.2) is 30.4 Å². The molecule has 3 amide bonds. The van der Waals surface area contributed by atoms with Crippen molar-refractivity contribution >= 4 is 29.4 Å². The zero-order valence-corrected chi connectivity index (χ0v) is 16.2. The highest BCUT2D eigenvalue weighted by Gasteiger charge is 2.50. The summed E-state index contributed by atoms with van der Waals surface area (Å²) in [7, 11) is 0. The van der Waals surface area contributed by atoms with Crippen molar-refractivity contribution in [1.82, 2.24) is 4.90 Å². The van der Waals surface area contributed by atoms with E-state index in [-0.39, 0.29) is 11.8 Å². The first-order chi connectivity index (χ1) is 13.3. The number of aryl methyl sites for hydroxylation is 2. The van der Waals surface area contributed by atoms with Crippen LogP contribution in [-0.2, 0) is 23.9 Å². The van der Waals surface area contributed by atoms with Crippen LogP contribution in [0.2, 0.25) is 0 Å². The van der Waals surface area contributed by atoms with Gasteiger partial charge in [-0.3, -0.25) is 19.3 Å². The number of carbonyl (C=O) groups excluding carboxylic acids is 4. The number of nitrogens with one attached hydrogen (secondary N) is 1. The van der Waals surface area contributed by atoms with Crippen LogP contribution < -0.4 is 5.32 Å². The van der Waals surface area contributed by atoms with Gasteiger partial charge in [-0.15, -0.1) is 0 Å². The molecule has 1 N–H and O–H groups in total. The van der Waals surface area contributed by atoms with Crippen LogP contribution in [0.1, 0.15) is 30.9 Å². The van der Waals surface area contributed by atoms with Crippen molar-refractivity contribution in [2.75, 3.05) is 11.9 Å². The first-order valence-corrected chi connectivity index (χ1v) is 9.36. The van der Waals surface area contributed by atoms with Gasteiger partial charge in [0.15, 0.2) is 6.61 Å². The highest BCUT2D eigenvalue weighted by molar-refractivity contribution is 6.08. The molecular weight excluding hydrogens is 360 g/mol. The Hall–Kier alpha value is -2.96. The van der Waals surface area contributed by atoms with E-state index in [0.717, 1.165) is 16.0 Å². The molecule has 0 unspecified atom stereocenters. The molecule has 2 aliphatic rings. The van der Waals surface area contributed by atoms with E-state index >= 15 is 0 Å². The Bertz CT molecular complexity index is 814. The Kier molecular flexibility index (Phi) is 5.63. The number of nitrogens with zero attached hydrogens (tertiary/aromatic N) is 1. The van der Waals surface area contributed by atoms with Crippen LogP contribution >= 0.6 is 0 Å². The van der Waals surface area contributed by atoms with Crippen molar-refractivity contribution in [1.29, 1.82) is 0 Å². The lowest BCUT2D eigenvalue weighted by Crippen LogP contribution is -2.45. The number of benzene rings is 1. The molecule has 1 heterocycles. The highest BCUT2D eigenvalue weighted by atomic mass is 16.5. The molecule has 0 radical (unpaired) electrons. The standard InChI is InChI=1S/C21H24N2O5/c1-12-7-6-8-13(2)18(12)22-17(24)11-28-21(27)14(3)23-19(25)15-9-4-5-10-16(15)20(23)26/h4-8,14-16H,9-11H2,1-3H3,(H,22,24)/t14-,15+,16+/m0/s1. The number of hydrogen-bond acceptors (Lipinski definition) is 5. The summed E-state index contributed by atoms with van der Waals surface area (Å²) in [5.74, 6) is -2.74. The number of allylic oxidation sites excluding steroid dienone is 2. The lowest BCUT2D eigenvalue weighted by Gasteiger charge is -2.21. The van der Waals surface area contributed by atoms with E-state index in [1.165, 1.54) is 6.92 Å². The Morgan fingerprint density at radius 1 is 1.11 bits per heavy atom. The Morgan fingerprint density at radius 3 is 2.18 bits per heavy atom. The first kappa shape index (κ1) is 19.8. The largest absolute Gasteiger partial charge is 0.454 e. The summed E-state index contributed by atoms with van der Waals surface area (Å²) < 4.78 is 5.07. The molecule has 1 saturated heterocycles. The zero-order chi connectivity index (χ0) is 20.4. The SMILES string of the molecule is Cc1cccc(C)c1NC(=O)COC(=O)[C@H](C)N1C(=O)[C@@H]2CC=CC[C@H]2C1=O. The molecule has 7 nitrogen and oxygen atoms in total. The van der Waals surface area contributed by atoms with Crippen LogP contribution in [0.3, 0.4) is 0 Å². The summed E-state index contributed by atoms with van der Waals surface area (Å²) in [6, 6.07) is 4.57. The molecule has 1 fully saturated rings. The molecule has 0 spiro atoms. The number of esters is 1. The third-order valence-corrected chi connectivity index (χ3v) is 5.36. The molecule has 7 heteroatoms. The fourth-order valence-corrected chi connectivity index (χ4v) is 3.76. The smallest absolute Gasteiger partial charge is 0.329 e. The van der Waals surface area contributed by atoms with Gasteiger partial charge in [0.1, 0.15) is 6.04 Å². The van der Waals surface area contributed by atoms with Crippen LogP contribution in [-0.4, -0.2) is 41.2 Å². The third kappa shape index (κ3) is 3.69. The molecular formula is C21H24N2O5. The van der Waals surface area contributed by atoms with Crippen molar-refractivity contribution in [2.24, 2.45) is 11.8 Å². The van der Waals surface area contributed by atoms with Gasteiger partial charge < -0.3 is 10.1 Å². The monoisotopic (exact) mass is 384 g/mol. The summed E-state index contributed by atoms with van der Waals surface area (Å²) >= 11 is 0. The number of hydrogen-bond donors (Lipinski definition) is 1. The predicted molar refractivity (Wildman–Crippen MR) is 102 cm³/mol. The summed E-state index contributed by atoms with van der Waals surface area (Å²) in [5, 5.41) is 2.73. The second-order valence-corrected chi connectivity index (χ2v) is 7.30. The average molecular weight is 384 g/mol. The quantitative estimate of drug-likeness (QED) is 0.477. The Labute approximate surface area is 163 Å². The molecule has 1 aromatic rings. The number of imide groups is 1. The number of ether oxygens (including phenoxy) is 1. The third-order valence-electron chi connectivity index (χ3n) is 5.36. The van der Waals surface area contributed by atoms with Gasteiger partial charge in [0.05, 0.1) is 11.8 Å². The van der Waals surface area contributed by atoms with Crippen molar-refractivity contribution in [3.05, 3.63) is 41.5 Å². The van der Waals surface area contributed by atoms with Crippen molar-refractivity contribution in [3.8, 4) is 0 Å². The number of fused-ring (bicyclic) bond motifs is 1. The van der Waals surface area contributed by atoms with E-state index in [2.05, 4.69) is 5.32 Å². The van der Waals surface area contributed by atoms with E-state index in [0.29, 0.717) is 18.5 Å². The van der Waals surface area contributed by atoms with Gasteiger partial charge in [-0.05, 0) is 44.7 Å². The van der Waals surface area contributed by atoms with E-state index < -0.39 is 36.4 Å². The predicted octanol–water partition coefficient (Wildman–Crippen LogP) is 2.12. The first-order valence-electron chi connectivity index (χ1n) is 9.36. The molecule has 1 aromatic carbocycles. The minimum absolute atomic E-state index is 0.344. The highest BCUT2D eigenvalue weighted by Crippen LogP contribution is 2.36. The van der Waals surface area contributed by atoms with Gasteiger partial charge in [-0.1, -0.05) is 30.4 Å². The number of carbonyl (C=O) groups is 4. The van der Waals surface area contributed by atoms with Crippen molar-refractivity contribution < 1.29 is 23.9 Å². The Morgan fingerprint density at radius 2 is 1.64 bits per heavy atom. The molecule has 0 saturated carbocycles. The topological polar surface area (TPSA) is 92.8 Å². The average Bonchev–Trinajstić information content (AvgIpc) is 2.93. The maximum Gasteiger partial charge on any atom is 0.329 e. The van der Waals surface area contributed by atoms with Crippen LogP contribution in [0.5, 0.6) is 0 Å². The fraction of sp³-hybridized carbons (Fsp3) is 0.429. The molecule has 28 heavy (non-hydrogen) atoms. The number of rotatable bonds is 5. The van der Waals surface area contributed by atoms with E-state index in [4.69, 9.17) is 4.74 Å². The van der Waals surface area contributed by atoms with Gasteiger partial charge in [0, 0.05) is 5.69 Å². The van der Waals surface area contributed by atoms with Crippen molar-refractivity contribution in [3.63, 3.8) is 0 Å². The summed E-state index contributed by atoms with van der Waals surface area (Å²) in [5.41, 5.74) is 2.48. The molecule has 148 valence electrons. The maximum absolute atomic E-state index is 12.5. The molecule has 0 bridgehead atoms. The van der Waals surface area contributed by atoms with E-state index in [1.54, 1.807) is 0 Å². The lowest BCUT2D eigenvalue weighted by atomic mass is 9.85. The molecule has 3 atom stereocenters. The minimum Gasteiger partial charge on any atom is -0.454 e. The number of para-hydroxylation sites is 1. The molecule has 1 aliphatic carbocycles. The summed E-state index contributed by atoms with van der Waals surface area (Å²) in [6.45, 7) is 4.71. The van der Waals surface area contributed by atoms with Gasteiger partial charge in [-0.25, -0.2) is 4.79 Å². The lowest BCUT2D eigenvalue weighted by molar-refractivity contribution is -0.159.